The lowest BCUT2D eigenvalue weighted by molar-refractivity contribution is -0.140. The van der Waals surface area contributed by atoms with E-state index in [1.165, 1.54) is 18.7 Å². The van der Waals surface area contributed by atoms with Crippen molar-refractivity contribution in [3.63, 3.8) is 0 Å². The smallest absolute Gasteiger partial charge is 0.327 e. The number of amides is 1. The van der Waals surface area contributed by atoms with E-state index in [1.807, 2.05) is 26.8 Å². The van der Waals surface area contributed by atoms with Crippen LogP contribution >= 0.6 is 11.8 Å². The average Bonchev–Trinajstić information content (AvgIpc) is 2.33. The zero-order valence-corrected chi connectivity index (χ0v) is 12.8. The van der Waals surface area contributed by atoms with Gasteiger partial charge in [-0.2, -0.15) is 0 Å². The Balaban J connectivity index is 2.77. The number of aromatic nitrogens is 2. The highest BCUT2D eigenvalue weighted by atomic mass is 32.2. The zero-order valence-electron chi connectivity index (χ0n) is 12.0. The van der Waals surface area contributed by atoms with Crippen molar-refractivity contribution in [1.82, 2.24) is 15.3 Å². The van der Waals surface area contributed by atoms with Gasteiger partial charge in [-0.15, -0.1) is 0 Å². The van der Waals surface area contributed by atoms with E-state index in [1.54, 1.807) is 0 Å². The number of carbonyl (C=O) groups is 2. The summed E-state index contributed by atoms with van der Waals surface area (Å²) in [4.78, 5) is 30.6. The molecule has 0 saturated heterocycles. The number of aliphatic carboxylic acids is 1. The number of nitrogens with one attached hydrogen (secondary N) is 1. The molecule has 1 unspecified atom stereocenters. The van der Waals surface area contributed by atoms with Crippen LogP contribution in [0.2, 0.25) is 0 Å². The van der Waals surface area contributed by atoms with Gasteiger partial charge in [-0.05, 0) is 18.9 Å². The molecule has 1 aromatic heterocycles. The molecule has 0 fully saturated rings. The molecule has 0 bridgehead atoms. The standard InChI is InChI=1S/C13H19N3O3S/c1-7(2)10-5-8(3)14-13(16-10)20-6-11(12(18)19)15-9(4)17/h5,7,11H,6H2,1-4H3,(H,15,17)(H,18,19). The molecule has 110 valence electrons. The largest absolute Gasteiger partial charge is 0.480 e. The van der Waals surface area contributed by atoms with Gasteiger partial charge in [-0.3, -0.25) is 4.79 Å². The first-order chi connectivity index (χ1) is 9.29. The number of carboxylic acid groups (broad SMARTS) is 1. The fourth-order valence-corrected chi connectivity index (χ4v) is 2.42. The minimum absolute atomic E-state index is 0.190. The maximum Gasteiger partial charge on any atom is 0.327 e. The van der Waals surface area contributed by atoms with Gasteiger partial charge >= 0.3 is 5.97 Å². The summed E-state index contributed by atoms with van der Waals surface area (Å²) in [7, 11) is 0. The summed E-state index contributed by atoms with van der Waals surface area (Å²) < 4.78 is 0. The van der Waals surface area contributed by atoms with Crippen molar-refractivity contribution in [3.05, 3.63) is 17.5 Å². The first-order valence-corrected chi connectivity index (χ1v) is 7.26. The second-order valence-electron chi connectivity index (χ2n) is 4.77. The molecule has 0 aliphatic rings. The third-order valence-corrected chi connectivity index (χ3v) is 3.44. The third kappa shape index (κ3) is 5.16. The monoisotopic (exact) mass is 297 g/mol. The number of rotatable bonds is 6. The van der Waals surface area contributed by atoms with Gasteiger partial charge in [0.15, 0.2) is 5.16 Å². The number of hydrogen-bond donors (Lipinski definition) is 2. The molecule has 1 atom stereocenters. The Kier molecular flexibility index (Phi) is 5.94. The predicted molar refractivity (Wildman–Crippen MR) is 76.8 cm³/mol. The van der Waals surface area contributed by atoms with Crippen LogP contribution in [0, 0.1) is 6.92 Å². The van der Waals surface area contributed by atoms with Crippen LogP contribution in [0.3, 0.4) is 0 Å². The van der Waals surface area contributed by atoms with E-state index in [0.29, 0.717) is 5.16 Å². The van der Waals surface area contributed by atoms with Crippen molar-refractivity contribution < 1.29 is 14.7 Å². The van der Waals surface area contributed by atoms with Crippen LogP contribution in [0.25, 0.3) is 0 Å². The van der Waals surface area contributed by atoms with Gasteiger partial charge in [0.25, 0.3) is 0 Å². The fourth-order valence-electron chi connectivity index (χ4n) is 1.50. The Hall–Kier alpha value is -1.63. The van der Waals surface area contributed by atoms with Gasteiger partial charge in [0.05, 0.1) is 0 Å². The zero-order chi connectivity index (χ0) is 15.3. The van der Waals surface area contributed by atoms with Crippen molar-refractivity contribution in [2.45, 2.75) is 44.8 Å². The molecule has 0 aliphatic carbocycles. The average molecular weight is 297 g/mol. The highest BCUT2D eigenvalue weighted by molar-refractivity contribution is 7.99. The van der Waals surface area contributed by atoms with Crippen LogP contribution in [0.4, 0.5) is 0 Å². The highest BCUT2D eigenvalue weighted by Gasteiger charge is 2.19. The molecule has 1 amide bonds. The number of hydrogen-bond acceptors (Lipinski definition) is 5. The van der Waals surface area contributed by atoms with Crippen molar-refractivity contribution >= 4 is 23.6 Å². The van der Waals surface area contributed by atoms with E-state index < -0.39 is 12.0 Å². The molecule has 20 heavy (non-hydrogen) atoms. The summed E-state index contributed by atoms with van der Waals surface area (Å²) in [6.07, 6.45) is 0. The lowest BCUT2D eigenvalue weighted by atomic mass is 10.1. The molecular weight excluding hydrogens is 278 g/mol. The fraction of sp³-hybridized carbons (Fsp3) is 0.538. The molecule has 2 N–H and O–H groups in total. The second-order valence-corrected chi connectivity index (χ2v) is 5.76. The third-order valence-electron chi connectivity index (χ3n) is 2.50. The summed E-state index contributed by atoms with van der Waals surface area (Å²) >= 11 is 1.23. The van der Waals surface area contributed by atoms with Crippen LogP contribution in [-0.4, -0.2) is 38.7 Å². The van der Waals surface area contributed by atoms with E-state index in [-0.39, 0.29) is 17.6 Å². The van der Waals surface area contributed by atoms with Gasteiger partial charge in [-0.1, -0.05) is 25.6 Å². The molecule has 1 heterocycles. The Morgan fingerprint density at radius 1 is 1.40 bits per heavy atom. The Labute approximate surface area is 122 Å². The van der Waals surface area contributed by atoms with Gasteiger partial charge in [0.1, 0.15) is 6.04 Å². The quantitative estimate of drug-likeness (QED) is 0.612. The SMILES string of the molecule is CC(=O)NC(CSc1nc(C)cc(C(C)C)n1)C(=O)O. The number of carboxylic acids is 1. The van der Waals surface area contributed by atoms with Crippen molar-refractivity contribution in [2.75, 3.05) is 5.75 Å². The van der Waals surface area contributed by atoms with Gasteiger partial charge in [0, 0.05) is 24.1 Å². The maximum atomic E-state index is 11.0. The van der Waals surface area contributed by atoms with Crippen LogP contribution < -0.4 is 5.32 Å². The lowest BCUT2D eigenvalue weighted by Crippen LogP contribution is -2.41. The topological polar surface area (TPSA) is 92.2 Å². The van der Waals surface area contributed by atoms with E-state index in [4.69, 9.17) is 5.11 Å². The molecule has 0 saturated carbocycles. The molecule has 0 aliphatic heterocycles. The van der Waals surface area contributed by atoms with Crippen LogP contribution in [0.5, 0.6) is 0 Å². The minimum Gasteiger partial charge on any atom is -0.480 e. The van der Waals surface area contributed by atoms with Gasteiger partial charge < -0.3 is 10.4 Å². The number of nitrogens with zero attached hydrogens (tertiary/aromatic N) is 2. The van der Waals surface area contributed by atoms with Crippen LogP contribution in [0.1, 0.15) is 38.1 Å². The lowest BCUT2D eigenvalue weighted by Gasteiger charge is -2.13. The van der Waals surface area contributed by atoms with Gasteiger partial charge in [0.2, 0.25) is 5.91 Å². The van der Waals surface area contributed by atoms with E-state index in [0.717, 1.165) is 11.4 Å². The van der Waals surface area contributed by atoms with E-state index in [9.17, 15) is 9.59 Å². The van der Waals surface area contributed by atoms with E-state index in [2.05, 4.69) is 15.3 Å². The molecule has 1 aromatic rings. The van der Waals surface area contributed by atoms with Gasteiger partial charge in [-0.25, -0.2) is 14.8 Å². The molecule has 7 heteroatoms. The Morgan fingerprint density at radius 2 is 2.05 bits per heavy atom. The van der Waals surface area contributed by atoms with Crippen LogP contribution in [0.15, 0.2) is 11.2 Å². The molecule has 0 spiro atoms. The molecule has 1 rings (SSSR count). The number of carbonyl (C=O) groups excluding carboxylic acids is 1. The van der Waals surface area contributed by atoms with Crippen LogP contribution in [-0.2, 0) is 9.59 Å². The summed E-state index contributed by atoms with van der Waals surface area (Å²) in [6, 6.07) is 0.973. The second kappa shape index (κ2) is 7.23. The summed E-state index contributed by atoms with van der Waals surface area (Å²) in [6.45, 7) is 7.24. The van der Waals surface area contributed by atoms with Crippen molar-refractivity contribution in [3.8, 4) is 0 Å². The Bertz CT molecular complexity index is 506. The van der Waals surface area contributed by atoms with Crippen molar-refractivity contribution in [2.24, 2.45) is 0 Å². The minimum atomic E-state index is -1.07. The van der Waals surface area contributed by atoms with Crippen molar-refractivity contribution in [1.29, 1.82) is 0 Å². The predicted octanol–water partition coefficient (Wildman–Crippen LogP) is 1.59. The molecule has 6 nitrogen and oxygen atoms in total. The summed E-state index contributed by atoms with van der Waals surface area (Å²) in [5, 5.41) is 11.9. The molecule has 0 aromatic carbocycles. The summed E-state index contributed by atoms with van der Waals surface area (Å²) in [5.41, 5.74) is 1.77. The maximum absolute atomic E-state index is 11.0. The normalized spacial score (nSPS) is 12.2. The Morgan fingerprint density at radius 3 is 2.55 bits per heavy atom. The highest BCUT2D eigenvalue weighted by Crippen LogP contribution is 2.19. The molecular formula is C13H19N3O3S. The first-order valence-electron chi connectivity index (χ1n) is 6.28. The van der Waals surface area contributed by atoms with E-state index >= 15 is 0 Å². The first kappa shape index (κ1) is 16.4. The summed E-state index contributed by atoms with van der Waals surface area (Å²) in [5.74, 6) is -0.965. The number of thioether (sulfide) groups is 1. The molecule has 0 radical (unpaired) electrons. The number of aryl methyl sites for hydroxylation is 1.